The van der Waals surface area contributed by atoms with Crippen LogP contribution in [-0.4, -0.2) is 19.9 Å². The van der Waals surface area contributed by atoms with E-state index in [4.69, 9.17) is 0 Å². The van der Waals surface area contributed by atoms with Gasteiger partial charge in [0.05, 0.1) is 12.1 Å². The van der Waals surface area contributed by atoms with Crippen LogP contribution in [0.1, 0.15) is 11.3 Å². The number of hydrogen-bond acceptors (Lipinski definition) is 7. The first kappa shape index (κ1) is 14.5. The van der Waals surface area contributed by atoms with Crippen molar-refractivity contribution in [2.24, 2.45) is 0 Å². The molecule has 0 aliphatic heterocycles. The van der Waals surface area contributed by atoms with E-state index in [0.29, 0.717) is 0 Å². The number of aromatic nitrogens is 4. The van der Waals surface area contributed by atoms with Crippen LogP contribution in [0, 0.1) is 0 Å². The molecule has 3 N–H and O–H groups in total. The molecule has 1 aromatic carbocycles. The second kappa shape index (κ2) is 5.38. The lowest BCUT2D eigenvalue weighted by atomic mass is 10.2. The lowest BCUT2D eigenvalue weighted by molar-refractivity contribution is -0.316. The van der Waals surface area contributed by atoms with E-state index in [2.05, 4.69) is 25.3 Å². The van der Waals surface area contributed by atoms with Gasteiger partial charge >= 0.3 is 0 Å². The van der Waals surface area contributed by atoms with E-state index >= 15 is 0 Å². The van der Waals surface area contributed by atoms with Crippen LogP contribution >= 0.6 is 7.60 Å². The Morgan fingerprint density at radius 1 is 1.23 bits per heavy atom. The topological polar surface area (TPSA) is 150 Å². The highest BCUT2D eigenvalue weighted by Gasteiger charge is 2.17. The predicted molar refractivity (Wildman–Crippen MR) is 74.9 cm³/mol. The SMILES string of the molecule is O=c1[nH]c(N[C@@H](c2ccccc2)P(=O)([O-])[O-])nc2nc[nH]c12. The van der Waals surface area contributed by atoms with Crippen LogP contribution < -0.4 is 20.7 Å². The van der Waals surface area contributed by atoms with Crippen LogP contribution in [0.25, 0.3) is 11.2 Å². The predicted octanol–water partition coefficient (Wildman–Crippen LogP) is -0.329. The van der Waals surface area contributed by atoms with Gasteiger partial charge in [-0.15, -0.1) is 0 Å². The maximum Gasteiger partial charge on any atom is 0.278 e. The van der Waals surface area contributed by atoms with Crippen molar-refractivity contribution in [1.82, 2.24) is 19.9 Å². The monoisotopic (exact) mass is 319 g/mol. The molecule has 0 aliphatic rings. The van der Waals surface area contributed by atoms with Crippen molar-refractivity contribution in [3.8, 4) is 0 Å². The Kier molecular flexibility index (Phi) is 3.53. The Labute approximate surface area is 123 Å². The zero-order chi connectivity index (χ0) is 15.7. The van der Waals surface area contributed by atoms with Crippen LogP contribution in [0.15, 0.2) is 41.5 Å². The third-order valence-corrected chi connectivity index (χ3v) is 4.06. The molecule has 0 radical (unpaired) electrons. The van der Waals surface area contributed by atoms with E-state index in [1.54, 1.807) is 18.2 Å². The van der Waals surface area contributed by atoms with Crippen molar-refractivity contribution in [2.75, 3.05) is 5.32 Å². The number of nitrogens with zero attached hydrogens (tertiary/aromatic N) is 2. The van der Waals surface area contributed by atoms with E-state index in [-0.39, 0.29) is 22.7 Å². The Balaban J connectivity index is 2.03. The molecule has 0 saturated heterocycles. The maximum atomic E-state index is 11.8. The Morgan fingerprint density at radius 3 is 2.64 bits per heavy atom. The van der Waals surface area contributed by atoms with Crippen LogP contribution in [0.5, 0.6) is 0 Å². The molecule has 0 aliphatic carbocycles. The first-order chi connectivity index (χ1) is 10.4. The third-order valence-electron chi connectivity index (χ3n) is 3.00. The van der Waals surface area contributed by atoms with Gasteiger partial charge in [0.1, 0.15) is 0 Å². The molecule has 3 rings (SSSR count). The lowest BCUT2D eigenvalue weighted by Crippen LogP contribution is -2.27. The van der Waals surface area contributed by atoms with Gasteiger partial charge in [-0.1, -0.05) is 30.3 Å². The van der Waals surface area contributed by atoms with E-state index < -0.39 is 18.9 Å². The fourth-order valence-corrected chi connectivity index (χ4v) is 2.84. The second-order valence-electron chi connectivity index (χ2n) is 4.51. The summed E-state index contributed by atoms with van der Waals surface area (Å²) >= 11 is 0. The summed E-state index contributed by atoms with van der Waals surface area (Å²) in [7, 11) is -5.03. The summed E-state index contributed by atoms with van der Waals surface area (Å²) in [5, 5.41) is 2.45. The number of nitrogens with one attached hydrogen (secondary N) is 3. The van der Waals surface area contributed by atoms with Crippen molar-refractivity contribution < 1.29 is 14.4 Å². The van der Waals surface area contributed by atoms with Gasteiger partial charge < -0.3 is 24.7 Å². The molecule has 0 unspecified atom stereocenters. The number of rotatable bonds is 4. The number of H-pyrrole nitrogens is 2. The first-order valence-corrected chi connectivity index (χ1v) is 7.83. The van der Waals surface area contributed by atoms with Crippen molar-refractivity contribution in [3.63, 3.8) is 0 Å². The van der Waals surface area contributed by atoms with Crippen LogP contribution in [-0.2, 0) is 4.57 Å². The molecular formula is C12H10N5O4P-2. The van der Waals surface area contributed by atoms with Gasteiger partial charge in [0.15, 0.2) is 11.2 Å². The highest BCUT2D eigenvalue weighted by Crippen LogP contribution is 2.43. The molecule has 3 aromatic rings. The van der Waals surface area contributed by atoms with E-state index in [1.807, 2.05) is 0 Å². The molecule has 22 heavy (non-hydrogen) atoms. The zero-order valence-corrected chi connectivity index (χ0v) is 11.9. The van der Waals surface area contributed by atoms with Gasteiger partial charge in [0.25, 0.3) is 5.56 Å². The average Bonchev–Trinajstić information content (AvgIpc) is 2.93. The van der Waals surface area contributed by atoms with Crippen LogP contribution in [0.4, 0.5) is 5.95 Å². The summed E-state index contributed by atoms with van der Waals surface area (Å²) in [5.74, 6) is -1.70. The minimum atomic E-state index is -5.03. The molecular weight excluding hydrogens is 309 g/mol. The molecule has 0 fully saturated rings. The maximum absolute atomic E-state index is 11.8. The van der Waals surface area contributed by atoms with Crippen molar-refractivity contribution in [2.45, 2.75) is 5.78 Å². The molecule has 114 valence electrons. The van der Waals surface area contributed by atoms with Gasteiger partial charge in [0.2, 0.25) is 5.95 Å². The van der Waals surface area contributed by atoms with E-state index in [9.17, 15) is 19.1 Å². The summed E-state index contributed by atoms with van der Waals surface area (Å²) in [6, 6.07) is 7.88. The second-order valence-corrected chi connectivity index (χ2v) is 6.11. The number of imidazole rings is 1. The zero-order valence-electron chi connectivity index (χ0n) is 11.0. The van der Waals surface area contributed by atoms with Crippen molar-refractivity contribution in [1.29, 1.82) is 0 Å². The Hall–Kier alpha value is -2.48. The standard InChI is InChI=1S/C12H12N5O4P/c18-10-8-9(14-6-13-8)15-12(16-10)17-11(22(19,20)21)7-4-2-1-3-5-7/h1-6,11H,(H2,19,20,21)(H3,13,14,15,16,17,18)/p-2/t11-/m1/s1. The fraction of sp³-hybridized carbons (Fsp3) is 0.0833. The fourth-order valence-electron chi connectivity index (χ4n) is 2.02. The number of aromatic amines is 2. The number of anilines is 1. The molecule has 0 amide bonds. The van der Waals surface area contributed by atoms with E-state index in [1.165, 1.54) is 18.5 Å². The largest absolute Gasteiger partial charge is 0.809 e. The van der Waals surface area contributed by atoms with Crippen LogP contribution in [0.3, 0.4) is 0 Å². The molecule has 9 nitrogen and oxygen atoms in total. The first-order valence-electron chi connectivity index (χ1n) is 6.22. The lowest BCUT2D eigenvalue weighted by Gasteiger charge is -2.38. The summed E-state index contributed by atoms with van der Waals surface area (Å²) in [5.41, 5.74) is 0.00276. The van der Waals surface area contributed by atoms with Crippen molar-refractivity contribution in [3.05, 3.63) is 52.6 Å². The minimum absolute atomic E-state index is 0.115. The van der Waals surface area contributed by atoms with Gasteiger partial charge in [-0.2, -0.15) is 4.98 Å². The van der Waals surface area contributed by atoms with E-state index in [0.717, 1.165) is 0 Å². The quantitative estimate of drug-likeness (QED) is 0.557. The Bertz CT molecular complexity index is 901. The van der Waals surface area contributed by atoms with Crippen LogP contribution in [0.2, 0.25) is 0 Å². The summed E-state index contributed by atoms with van der Waals surface area (Å²) in [6.45, 7) is 0. The normalized spacial score (nSPS) is 13.2. The van der Waals surface area contributed by atoms with Gasteiger partial charge in [-0.05, 0) is 13.2 Å². The average molecular weight is 319 g/mol. The van der Waals surface area contributed by atoms with Gasteiger partial charge in [0, 0.05) is 0 Å². The molecule has 2 heterocycles. The van der Waals surface area contributed by atoms with Gasteiger partial charge in [-0.3, -0.25) is 9.78 Å². The highest BCUT2D eigenvalue weighted by molar-refractivity contribution is 7.49. The Morgan fingerprint density at radius 2 is 1.95 bits per heavy atom. The summed E-state index contributed by atoms with van der Waals surface area (Å²) in [6.07, 6.45) is 1.29. The minimum Gasteiger partial charge on any atom is -0.809 e. The summed E-state index contributed by atoms with van der Waals surface area (Å²) < 4.78 is 11.5. The van der Waals surface area contributed by atoms with Gasteiger partial charge in [-0.25, -0.2) is 4.98 Å². The third kappa shape index (κ3) is 2.77. The molecule has 10 heteroatoms. The smallest absolute Gasteiger partial charge is 0.278 e. The molecule has 1 atom stereocenters. The molecule has 0 bridgehead atoms. The van der Waals surface area contributed by atoms with Crippen molar-refractivity contribution >= 4 is 24.7 Å². The number of benzene rings is 1. The highest BCUT2D eigenvalue weighted by atomic mass is 31.2. The summed E-state index contributed by atoms with van der Waals surface area (Å²) in [4.78, 5) is 47.6. The molecule has 0 saturated carbocycles. The molecule has 2 aromatic heterocycles. The molecule has 0 spiro atoms. The number of hydrogen-bond donors (Lipinski definition) is 3. The number of fused-ring (bicyclic) bond motifs is 1.